The molecular formula is C20H28N2O4S. The summed E-state index contributed by atoms with van der Waals surface area (Å²) in [6.45, 7) is 4.74. The highest BCUT2D eigenvalue weighted by Gasteiger charge is 2.20. The van der Waals surface area contributed by atoms with Gasteiger partial charge in [-0.1, -0.05) is 44.2 Å². The molecule has 7 heteroatoms. The minimum Gasteiger partial charge on any atom is -0.508 e. The molecule has 6 nitrogen and oxygen atoms in total. The first-order chi connectivity index (χ1) is 12.8. The Kier molecular flexibility index (Phi) is 7.79. The summed E-state index contributed by atoms with van der Waals surface area (Å²) in [4.78, 5) is 0.137. The molecule has 2 aromatic rings. The van der Waals surface area contributed by atoms with Gasteiger partial charge in [-0.2, -0.15) is 0 Å². The first kappa shape index (κ1) is 21.4. The first-order valence-corrected chi connectivity index (χ1v) is 10.5. The highest BCUT2D eigenvalue weighted by atomic mass is 32.2. The van der Waals surface area contributed by atoms with Gasteiger partial charge >= 0.3 is 0 Å². The van der Waals surface area contributed by atoms with Crippen LogP contribution in [-0.2, 0) is 23.0 Å². The molecule has 0 saturated carbocycles. The lowest BCUT2D eigenvalue weighted by Crippen LogP contribution is -2.38. The topological polar surface area (TPSA) is 98.7 Å². The van der Waals surface area contributed by atoms with Crippen LogP contribution in [0.2, 0.25) is 0 Å². The van der Waals surface area contributed by atoms with Crippen molar-refractivity contribution in [2.75, 3.05) is 13.1 Å². The molecule has 0 bridgehead atoms. The summed E-state index contributed by atoms with van der Waals surface area (Å²) in [5.74, 6) is 0.281. The van der Waals surface area contributed by atoms with Crippen LogP contribution < -0.4 is 10.0 Å². The van der Waals surface area contributed by atoms with Crippen LogP contribution in [-0.4, -0.2) is 37.8 Å². The van der Waals surface area contributed by atoms with Gasteiger partial charge in [-0.25, -0.2) is 13.1 Å². The van der Waals surface area contributed by atoms with Gasteiger partial charge in [-0.3, -0.25) is 0 Å². The van der Waals surface area contributed by atoms with Crippen molar-refractivity contribution in [2.24, 2.45) is 5.92 Å². The summed E-state index contributed by atoms with van der Waals surface area (Å²) in [7, 11) is -3.77. The standard InChI is InChI=1S/C20H28N2O4S/c1-15(2)10-17-11-18(23)8-9-20(17)27(25,26)22-14-19(24)13-21-12-16-6-4-3-5-7-16/h3-9,11,15,19,21-24H,10,12-14H2,1-2H3/t19-/m1/s1. The molecule has 148 valence electrons. The van der Waals surface area contributed by atoms with Crippen molar-refractivity contribution in [2.45, 2.75) is 37.8 Å². The number of aliphatic hydroxyl groups excluding tert-OH is 1. The van der Waals surface area contributed by atoms with E-state index in [1.165, 1.54) is 18.2 Å². The first-order valence-electron chi connectivity index (χ1n) is 9.02. The molecule has 1 atom stereocenters. The maximum atomic E-state index is 12.6. The Labute approximate surface area is 161 Å². The van der Waals surface area contributed by atoms with Crippen LogP contribution in [0, 0.1) is 5.92 Å². The molecule has 0 aliphatic carbocycles. The number of benzene rings is 2. The van der Waals surface area contributed by atoms with E-state index >= 15 is 0 Å². The van der Waals surface area contributed by atoms with Crippen LogP contribution in [0.1, 0.15) is 25.0 Å². The average Bonchev–Trinajstić information content (AvgIpc) is 2.60. The second-order valence-corrected chi connectivity index (χ2v) is 8.75. The van der Waals surface area contributed by atoms with Crippen molar-refractivity contribution >= 4 is 10.0 Å². The van der Waals surface area contributed by atoms with Crippen LogP contribution >= 0.6 is 0 Å². The number of phenols is 1. The van der Waals surface area contributed by atoms with E-state index in [-0.39, 0.29) is 29.7 Å². The van der Waals surface area contributed by atoms with E-state index in [1.807, 2.05) is 44.2 Å². The Morgan fingerprint density at radius 3 is 2.41 bits per heavy atom. The van der Waals surface area contributed by atoms with Crippen molar-refractivity contribution in [3.63, 3.8) is 0 Å². The number of phenolic OH excluding ortho intramolecular Hbond substituents is 1. The molecule has 0 fully saturated rings. The Hall–Kier alpha value is -1.93. The highest BCUT2D eigenvalue weighted by Crippen LogP contribution is 2.23. The summed E-state index contributed by atoms with van der Waals surface area (Å²) in [5, 5.41) is 22.8. The van der Waals surface area contributed by atoms with Gasteiger partial charge in [0.05, 0.1) is 11.0 Å². The highest BCUT2D eigenvalue weighted by molar-refractivity contribution is 7.89. The van der Waals surface area contributed by atoms with Crippen LogP contribution in [0.3, 0.4) is 0 Å². The summed E-state index contributed by atoms with van der Waals surface area (Å²) in [6, 6.07) is 14.0. The fourth-order valence-corrected chi connectivity index (χ4v) is 4.06. The second-order valence-electron chi connectivity index (χ2n) is 7.01. The maximum absolute atomic E-state index is 12.6. The van der Waals surface area contributed by atoms with Crippen molar-refractivity contribution in [1.82, 2.24) is 10.0 Å². The lowest BCUT2D eigenvalue weighted by atomic mass is 10.0. The van der Waals surface area contributed by atoms with Gasteiger partial charge in [-0.05, 0) is 41.7 Å². The van der Waals surface area contributed by atoms with Crippen molar-refractivity contribution < 1.29 is 18.6 Å². The third kappa shape index (κ3) is 6.95. The largest absolute Gasteiger partial charge is 0.508 e. The number of rotatable bonds is 10. The zero-order valence-electron chi connectivity index (χ0n) is 15.7. The molecule has 2 rings (SSSR count). The van der Waals surface area contributed by atoms with Crippen LogP contribution in [0.4, 0.5) is 0 Å². The maximum Gasteiger partial charge on any atom is 0.240 e. The average molecular weight is 393 g/mol. The van der Waals surface area contributed by atoms with Crippen LogP contribution in [0.15, 0.2) is 53.4 Å². The van der Waals surface area contributed by atoms with Gasteiger partial charge in [0.15, 0.2) is 0 Å². The molecule has 0 aliphatic heterocycles. The van der Waals surface area contributed by atoms with Gasteiger partial charge < -0.3 is 15.5 Å². The van der Waals surface area contributed by atoms with Gasteiger partial charge in [-0.15, -0.1) is 0 Å². The smallest absolute Gasteiger partial charge is 0.240 e. The lowest BCUT2D eigenvalue weighted by molar-refractivity contribution is 0.175. The number of sulfonamides is 1. The predicted molar refractivity (Wildman–Crippen MR) is 106 cm³/mol. The molecule has 2 aromatic carbocycles. The van der Waals surface area contributed by atoms with Gasteiger partial charge in [0.2, 0.25) is 10.0 Å². The Morgan fingerprint density at radius 2 is 1.74 bits per heavy atom. The van der Waals surface area contributed by atoms with E-state index in [0.717, 1.165) is 5.56 Å². The van der Waals surface area contributed by atoms with Crippen molar-refractivity contribution in [1.29, 1.82) is 0 Å². The third-order valence-electron chi connectivity index (χ3n) is 4.02. The number of hydrogen-bond donors (Lipinski definition) is 4. The predicted octanol–water partition coefficient (Wildman–Crippen LogP) is 2.02. The zero-order chi connectivity index (χ0) is 19.9. The normalized spacial score (nSPS) is 13.0. The Balaban J connectivity index is 1.92. The fourth-order valence-electron chi connectivity index (χ4n) is 2.76. The molecule has 0 aliphatic rings. The quantitative estimate of drug-likeness (QED) is 0.496. The molecule has 0 aromatic heterocycles. The molecule has 4 N–H and O–H groups in total. The van der Waals surface area contributed by atoms with Crippen LogP contribution in [0.25, 0.3) is 0 Å². The molecular weight excluding hydrogens is 364 g/mol. The summed E-state index contributed by atoms with van der Waals surface area (Å²) in [6.07, 6.45) is -0.319. The molecule has 0 spiro atoms. The number of aromatic hydroxyl groups is 1. The molecule has 0 heterocycles. The Bertz CT molecular complexity index is 823. The fraction of sp³-hybridized carbons (Fsp3) is 0.400. The molecule has 0 amide bonds. The molecule has 0 saturated heterocycles. The van der Waals surface area contributed by atoms with Crippen molar-refractivity contribution in [3.05, 3.63) is 59.7 Å². The second kappa shape index (κ2) is 9.85. The number of hydrogen-bond acceptors (Lipinski definition) is 5. The van der Waals surface area contributed by atoms with Gasteiger partial charge in [0, 0.05) is 19.6 Å². The zero-order valence-corrected chi connectivity index (χ0v) is 16.5. The van der Waals surface area contributed by atoms with E-state index in [0.29, 0.717) is 18.5 Å². The monoisotopic (exact) mass is 392 g/mol. The van der Waals surface area contributed by atoms with E-state index in [4.69, 9.17) is 0 Å². The molecule has 27 heavy (non-hydrogen) atoms. The van der Waals surface area contributed by atoms with Gasteiger partial charge in [0.25, 0.3) is 0 Å². The minimum atomic E-state index is -3.77. The lowest BCUT2D eigenvalue weighted by Gasteiger charge is -2.16. The number of nitrogens with one attached hydrogen (secondary N) is 2. The number of aliphatic hydroxyl groups is 1. The molecule has 0 radical (unpaired) electrons. The summed E-state index contributed by atoms with van der Waals surface area (Å²) >= 11 is 0. The van der Waals surface area contributed by atoms with E-state index < -0.39 is 16.1 Å². The summed E-state index contributed by atoms with van der Waals surface area (Å²) in [5.41, 5.74) is 1.65. The SMILES string of the molecule is CC(C)Cc1cc(O)ccc1S(=O)(=O)NC[C@H](O)CNCc1ccccc1. The van der Waals surface area contributed by atoms with Crippen LogP contribution in [0.5, 0.6) is 5.75 Å². The van der Waals surface area contributed by atoms with E-state index in [9.17, 15) is 18.6 Å². The van der Waals surface area contributed by atoms with E-state index in [2.05, 4.69) is 10.0 Å². The van der Waals surface area contributed by atoms with Gasteiger partial charge in [0.1, 0.15) is 5.75 Å². The third-order valence-corrected chi connectivity index (χ3v) is 5.55. The minimum absolute atomic E-state index is 0.0368. The van der Waals surface area contributed by atoms with E-state index in [1.54, 1.807) is 0 Å². The molecule has 0 unspecified atom stereocenters. The van der Waals surface area contributed by atoms with Crippen molar-refractivity contribution in [3.8, 4) is 5.75 Å². The summed E-state index contributed by atoms with van der Waals surface area (Å²) < 4.78 is 27.7. The Morgan fingerprint density at radius 1 is 1.04 bits per heavy atom.